The molecule has 0 amide bonds. The minimum Gasteiger partial charge on any atom is -0.481 e. The van der Waals surface area contributed by atoms with Crippen LogP contribution >= 0.6 is 0 Å². The number of ether oxygens (including phenoxy) is 1. The van der Waals surface area contributed by atoms with E-state index in [1.165, 1.54) is 6.26 Å². The van der Waals surface area contributed by atoms with E-state index in [0.29, 0.717) is 30.7 Å². The van der Waals surface area contributed by atoms with Crippen molar-refractivity contribution in [1.29, 1.82) is 0 Å². The highest BCUT2D eigenvalue weighted by Gasteiger charge is 2.26. The van der Waals surface area contributed by atoms with Crippen LogP contribution in [0, 0.1) is 0 Å². The van der Waals surface area contributed by atoms with Gasteiger partial charge in [-0.05, 0) is 32.0 Å². The number of pyridine rings is 1. The highest BCUT2D eigenvalue weighted by molar-refractivity contribution is 5.79. The second kappa shape index (κ2) is 8.35. The van der Waals surface area contributed by atoms with E-state index in [9.17, 15) is 5.11 Å². The van der Waals surface area contributed by atoms with Gasteiger partial charge in [0.2, 0.25) is 5.88 Å². The molecule has 24 heavy (non-hydrogen) atoms. The van der Waals surface area contributed by atoms with Crippen molar-refractivity contribution in [2.75, 3.05) is 20.2 Å². The molecule has 7 nitrogen and oxygen atoms in total. The molecule has 1 atom stereocenters. The second-order valence-electron chi connectivity index (χ2n) is 5.47. The Bertz CT molecular complexity index is 654. The molecule has 0 spiro atoms. The average molecular weight is 332 g/mol. The molecule has 2 aromatic rings. The fourth-order valence-electron chi connectivity index (χ4n) is 2.16. The lowest BCUT2D eigenvalue weighted by atomic mass is 10.0. The van der Waals surface area contributed by atoms with Crippen LogP contribution in [0.15, 0.2) is 46.1 Å². The number of furan rings is 1. The molecule has 2 aromatic heterocycles. The Labute approximate surface area is 141 Å². The summed E-state index contributed by atoms with van der Waals surface area (Å²) in [7, 11) is 1.58. The smallest absolute Gasteiger partial charge is 0.218 e. The maximum atomic E-state index is 10.5. The molecular formula is C17H24N4O3. The zero-order chi connectivity index (χ0) is 17.4. The monoisotopic (exact) mass is 332 g/mol. The van der Waals surface area contributed by atoms with E-state index >= 15 is 0 Å². The van der Waals surface area contributed by atoms with E-state index in [1.54, 1.807) is 32.4 Å². The summed E-state index contributed by atoms with van der Waals surface area (Å²) in [4.78, 5) is 8.66. The third-order valence-corrected chi connectivity index (χ3v) is 3.45. The van der Waals surface area contributed by atoms with Crippen LogP contribution in [0.2, 0.25) is 0 Å². The zero-order valence-electron chi connectivity index (χ0n) is 14.2. The highest BCUT2D eigenvalue weighted by atomic mass is 16.5. The molecule has 0 radical (unpaired) electrons. The fourth-order valence-corrected chi connectivity index (χ4v) is 2.16. The topological polar surface area (TPSA) is 91.9 Å². The molecule has 130 valence electrons. The third kappa shape index (κ3) is 4.73. The van der Waals surface area contributed by atoms with E-state index in [-0.39, 0.29) is 6.54 Å². The Morgan fingerprint density at radius 3 is 2.88 bits per heavy atom. The van der Waals surface area contributed by atoms with Crippen LogP contribution in [0.25, 0.3) is 0 Å². The van der Waals surface area contributed by atoms with Gasteiger partial charge in [-0.25, -0.2) is 9.98 Å². The van der Waals surface area contributed by atoms with Crippen LogP contribution in [-0.4, -0.2) is 36.2 Å². The maximum Gasteiger partial charge on any atom is 0.218 e. The van der Waals surface area contributed by atoms with Crippen molar-refractivity contribution in [3.05, 3.63) is 48.0 Å². The van der Waals surface area contributed by atoms with E-state index < -0.39 is 5.60 Å². The summed E-state index contributed by atoms with van der Waals surface area (Å²) in [6, 6.07) is 7.25. The number of aromatic nitrogens is 1. The number of nitrogens with one attached hydrogen (secondary N) is 2. The van der Waals surface area contributed by atoms with Gasteiger partial charge in [0, 0.05) is 18.3 Å². The molecule has 0 saturated heterocycles. The Balaban J connectivity index is 2.03. The molecule has 0 saturated carbocycles. The van der Waals surface area contributed by atoms with E-state index in [2.05, 4.69) is 20.6 Å². The quantitative estimate of drug-likeness (QED) is 0.527. The molecule has 2 heterocycles. The minimum atomic E-state index is -1.13. The van der Waals surface area contributed by atoms with Gasteiger partial charge >= 0.3 is 0 Å². The number of guanidine groups is 1. The number of hydrogen-bond donors (Lipinski definition) is 3. The van der Waals surface area contributed by atoms with Crippen molar-refractivity contribution < 1.29 is 14.3 Å². The van der Waals surface area contributed by atoms with Crippen molar-refractivity contribution in [1.82, 2.24) is 15.6 Å². The molecule has 0 aliphatic carbocycles. The average Bonchev–Trinajstić information content (AvgIpc) is 3.13. The van der Waals surface area contributed by atoms with Gasteiger partial charge in [-0.15, -0.1) is 0 Å². The van der Waals surface area contributed by atoms with Crippen molar-refractivity contribution in [3.63, 3.8) is 0 Å². The second-order valence-corrected chi connectivity index (χ2v) is 5.47. The number of hydrogen-bond acceptors (Lipinski definition) is 5. The molecule has 1 unspecified atom stereocenters. The number of rotatable bonds is 7. The third-order valence-electron chi connectivity index (χ3n) is 3.45. The standard InChI is InChI=1S/C17H24N4O3/c1-4-18-16(20-11-13-7-5-9-19-15(13)23-3)21-12-17(2,22)14-8-6-10-24-14/h5-10,22H,4,11-12H2,1-3H3,(H2,18,20,21). The maximum absolute atomic E-state index is 10.5. The first-order valence-electron chi connectivity index (χ1n) is 7.83. The van der Waals surface area contributed by atoms with Crippen molar-refractivity contribution in [3.8, 4) is 5.88 Å². The first kappa shape index (κ1) is 17.8. The van der Waals surface area contributed by atoms with Gasteiger partial charge in [-0.3, -0.25) is 0 Å². The van der Waals surface area contributed by atoms with Crippen LogP contribution < -0.4 is 15.4 Å². The van der Waals surface area contributed by atoms with Gasteiger partial charge in [0.05, 0.1) is 26.5 Å². The lowest BCUT2D eigenvalue weighted by Gasteiger charge is -2.22. The zero-order valence-corrected chi connectivity index (χ0v) is 14.2. The van der Waals surface area contributed by atoms with Gasteiger partial charge in [0.25, 0.3) is 0 Å². The normalized spacial score (nSPS) is 14.1. The molecular weight excluding hydrogens is 308 g/mol. The number of methoxy groups -OCH3 is 1. The first-order chi connectivity index (χ1) is 11.6. The van der Waals surface area contributed by atoms with Gasteiger partial charge in [0.1, 0.15) is 11.4 Å². The summed E-state index contributed by atoms with van der Waals surface area (Å²) >= 11 is 0. The van der Waals surface area contributed by atoms with Crippen molar-refractivity contribution in [2.24, 2.45) is 4.99 Å². The number of nitrogens with zero attached hydrogens (tertiary/aromatic N) is 2. The lowest BCUT2D eigenvalue weighted by Crippen LogP contribution is -2.44. The summed E-state index contributed by atoms with van der Waals surface area (Å²) in [6.45, 7) is 5.05. The molecule has 2 rings (SSSR count). The number of aliphatic hydroxyl groups is 1. The Morgan fingerprint density at radius 2 is 2.21 bits per heavy atom. The molecule has 0 aromatic carbocycles. The molecule has 0 aliphatic heterocycles. The van der Waals surface area contributed by atoms with Gasteiger partial charge in [-0.1, -0.05) is 6.07 Å². The molecule has 0 aliphatic rings. The van der Waals surface area contributed by atoms with E-state index in [1.807, 2.05) is 19.1 Å². The van der Waals surface area contributed by atoms with E-state index in [0.717, 1.165) is 5.56 Å². The van der Waals surface area contributed by atoms with Crippen LogP contribution in [0.1, 0.15) is 25.2 Å². The SMILES string of the molecule is CCNC(=NCc1cccnc1OC)NCC(C)(O)c1ccco1. The predicted octanol–water partition coefficient (Wildman–Crippen LogP) is 1.65. The Hall–Kier alpha value is -2.54. The summed E-state index contributed by atoms with van der Waals surface area (Å²) in [5.41, 5.74) is -0.249. The Morgan fingerprint density at radius 1 is 1.38 bits per heavy atom. The minimum absolute atomic E-state index is 0.260. The number of aliphatic imine (C=N–C) groups is 1. The van der Waals surface area contributed by atoms with Gasteiger partial charge < -0.3 is 24.9 Å². The van der Waals surface area contributed by atoms with Crippen LogP contribution in [0.3, 0.4) is 0 Å². The summed E-state index contributed by atoms with van der Waals surface area (Å²) in [5.74, 6) is 1.65. The lowest BCUT2D eigenvalue weighted by molar-refractivity contribution is 0.0386. The largest absolute Gasteiger partial charge is 0.481 e. The summed E-state index contributed by atoms with van der Waals surface area (Å²) in [5, 5.41) is 16.8. The summed E-state index contributed by atoms with van der Waals surface area (Å²) < 4.78 is 10.5. The van der Waals surface area contributed by atoms with Crippen molar-refractivity contribution >= 4 is 5.96 Å². The van der Waals surface area contributed by atoms with Crippen LogP contribution in [0.5, 0.6) is 5.88 Å². The molecule has 0 fully saturated rings. The van der Waals surface area contributed by atoms with Crippen molar-refractivity contribution in [2.45, 2.75) is 26.0 Å². The molecule has 7 heteroatoms. The highest BCUT2D eigenvalue weighted by Crippen LogP contribution is 2.19. The first-order valence-corrected chi connectivity index (χ1v) is 7.83. The summed E-state index contributed by atoms with van der Waals surface area (Å²) in [6.07, 6.45) is 3.22. The molecule has 3 N–H and O–H groups in total. The van der Waals surface area contributed by atoms with Crippen LogP contribution in [-0.2, 0) is 12.1 Å². The van der Waals surface area contributed by atoms with Gasteiger partial charge in [0.15, 0.2) is 5.96 Å². The van der Waals surface area contributed by atoms with Gasteiger partial charge in [-0.2, -0.15) is 0 Å². The van der Waals surface area contributed by atoms with Crippen LogP contribution in [0.4, 0.5) is 0 Å². The predicted molar refractivity (Wildman–Crippen MR) is 91.9 cm³/mol. The Kier molecular flexibility index (Phi) is 6.20. The molecule has 0 bridgehead atoms. The fraction of sp³-hybridized carbons (Fsp3) is 0.412. The van der Waals surface area contributed by atoms with E-state index in [4.69, 9.17) is 9.15 Å².